The molecule has 0 amide bonds. The first-order valence-corrected chi connectivity index (χ1v) is 15.2. The normalized spacial score (nSPS) is 13.0. The van der Waals surface area contributed by atoms with Crippen LogP contribution in [0.4, 0.5) is 22.7 Å². The lowest BCUT2D eigenvalue weighted by Gasteiger charge is -2.31. The fourth-order valence-electron chi connectivity index (χ4n) is 7.22. The molecule has 216 valence electrons. The summed E-state index contributed by atoms with van der Waals surface area (Å²) in [4.78, 5) is 13.5. The molecule has 0 atom stereocenters. The molecule has 1 aliphatic rings. The van der Waals surface area contributed by atoms with Gasteiger partial charge in [0.2, 0.25) is 0 Å². The van der Waals surface area contributed by atoms with Crippen LogP contribution >= 0.6 is 0 Å². The second kappa shape index (κ2) is 10.2. The van der Waals surface area contributed by atoms with Gasteiger partial charge in [-0.25, -0.2) is 0 Å². The largest absolute Gasteiger partial charge is 0.309 e. The van der Waals surface area contributed by atoms with E-state index in [0.29, 0.717) is 0 Å². The van der Waals surface area contributed by atoms with Gasteiger partial charge in [-0.1, -0.05) is 111 Å². The Morgan fingerprint density at radius 1 is 0.556 bits per heavy atom. The van der Waals surface area contributed by atoms with Crippen molar-refractivity contribution in [2.24, 2.45) is 0 Å². The molecule has 45 heavy (non-hydrogen) atoms. The van der Waals surface area contributed by atoms with Gasteiger partial charge >= 0.3 is 0 Å². The summed E-state index contributed by atoms with van der Waals surface area (Å²) in [6.45, 7) is 4.64. The van der Waals surface area contributed by atoms with E-state index in [2.05, 4.69) is 140 Å². The highest BCUT2D eigenvalue weighted by Crippen LogP contribution is 2.52. The summed E-state index contributed by atoms with van der Waals surface area (Å²) in [5, 5.41) is 15.8. The predicted molar refractivity (Wildman–Crippen MR) is 186 cm³/mol. The standard InChI is InChI=1S/C41H30N2O2/c1-41(2)37-19-11-10-14-31(37)32-25-24-30(26-38(32)41)42(28-12-4-3-5-13-28)40-35-17-8-6-15-33(35)39(34-16-7-9-18-36(34)40)27-20-22-29(23-21-27)43(44)45/h3-26H,1-2H3. The number of anilines is 3. The van der Waals surface area contributed by atoms with Crippen molar-refractivity contribution in [1.29, 1.82) is 0 Å². The maximum absolute atomic E-state index is 11.4. The zero-order valence-corrected chi connectivity index (χ0v) is 25.1. The maximum atomic E-state index is 11.4. The Kier molecular flexibility index (Phi) is 6.07. The predicted octanol–water partition coefficient (Wildman–Crippen LogP) is 11.3. The smallest absolute Gasteiger partial charge is 0.269 e. The lowest BCUT2D eigenvalue weighted by Crippen LogP contribution is -2.17. The van der Waals surface area contributed by atoms with Gasteiger partial charge in [-0.3, -0.25) is 10.1 Å². The monoisotopic (exact) mass is 582 g/mol. The second-order valence-electron chi connectivity index (χ2n) is 12.2. The minimum Gasteiger partial charge on any atom is -0.309 e. The first kappa shape index (κ1) is 26.9. The van der Waals surface area contributed by atoms with Crippen molar-refractivity contribution in [3.05, 3.63) is 167 Å². The maximum Gasteiger partial charge on any atom is 0.269 e. The lowest BCUT2D eigenvalue weighted by atomic mass is 9.82. The van der Waals surface area contributed by atoms with Crippen LogP contribution in [0.2, 0.25) is 0 Å². The van der Waals surface area contributed by atoms with Crippen molar-refractivity contribution in [2.45, 2.75) is 19.3 Å². The van der Waals surface area contributed by atoms with Crippen LogP contribution < -0.4 is 4.90 Å². The number of para-hydroxylation sites is 1. The van der Waals surface area contributed by atoms with Crippen molar-refractivity contribution in [1.82, 2.24) is 0 Å². The number of hydrogen-bond donors (Lipinski definition) is 0. The van der Waals surface area contributed by atoms with Gasteiger partial charge in [0, 0.05) is 39.7 Å². The third-order valence-corrected chi connectivity index (χ3v) is 9.33. The summed E-state index contributed by atoms with van der Waals surface area (Å²) in [6, 6.07) is 50.1. The number of nitrogens with zero attached hydrogens (tertiary/aromatic N) is 2. The minimum absolute atomic E-state index is 0.0842. The fourth-order valence-corrected chi connectivity index (χ4v) is 7.22. The highest BCUT2D eigenvalue weighted by molar-refractivity contribution is 6.22. The number of hydrogen-bond acceptors (Lipinski definition) is 3. The highest BCUT2D eigenvalue weighted by atomic mass is 16.6. The number of benzene rings is 7. The van der Waals surface area contributed by atoms with Crippen LogP contribution in [0.25, 0.3) is 43.8 Å². The molecule has 0 spiro atoms. The number of fused-ring (bicyclic) bond motifs is 5. The van der Waals surface area contributed by atoms with E-state index >= 15 is 0 Å². The van der Waals surface area contributed by atoms with Gasteiger partial charge in [-0.15, -0.1) is 0 Å². The molecule has 0 saturated heterocycles. The van der Waals surface area contributed by atoms with Crippen molar-refractivity contribution in [3.8, 4) is 22.3 Å². The average molecular weight is 583 g/mol. The summed E-state index contributed by atoms with van der Waals surface area (Å²) < 4.78 is 0. The van der Waals surface area contributed by atoms with Crippen molar-refractivity contribution >= 4 is 44.3 Å². The third kappa shape index (κ3) is 4.14. The van der Waals surface area contributed by atoms with Crippen LogP contribution in [0.3, 0.4) is 0 Å². The minimum atomic E-state index is -0.350. The Bertz CT molecular complexity index is 2210. The molecule has 0 aliphatic heterocycles. The van der Waals surface area contributed by atoms with Crippen LogP contribution in [0, 0.1) is 10.1 Å². The van der Waals surface area contributed by atoms with Gasteiger partial charge in [0.05, 0.1) is 10.6 Å². The van der Waals surface area contributed by atoms with Crippen LogP contribution in [-0.4, -0.2) is 4.92 Å². The van der Waals surface area contributed by atoms with Gasteiger partial charge in [-0.2, -0.15) is 0 Å². The third-order valence-electron chi connectivity index (χ3n) is 9.33. The fraction of sp³-hybridized carbons (Fsp3) is 0.0732. The van der Waals surface area contributed by atoms with E-state index in [0.717, 1.165) is 49.7 Å². The van der Waals surface area contributed by atoms with Crippen molar-refractivity contribution < 1.29 is 4.92 Å². The summed E-state index contributed by atoms with van der Waals surface area (Å²) >= 11 is 0. The summed E-state index contributed by atoms with van der Waals surface area (Å²) in [6.07, 6.45) is 0. The quantitative estimate of drug-likeness (QED) is 0.115. The molecule has 7 aromatic carbocycles. The van der Waals surface area contributed by atoms with Gasteiger partial charge in [0.1, 0.15) is 0 Å². The molecule has 0 unspecified atom stereocenters. The molecule has 0 radical (unpaired) electrons. The van der Waals surface area contributed by atoms with Gasteiger partial charge in [-0.05, 0) is 80.6 Å². The van der Waals surface area contributed by atoms with Gasteiger partial charge in [0.15, 0.2) is 0 Å². The molecule has 1 aliphatic carbocycles. The zero-order valence-electron chi connectivity index (χ0n) is 25.1. The Balaban J connectivity index is 1.43. The molecule has 7 aromatic rings. The van der Waals surface area contributed by atoms with E-state index in [9.17, 15) is 10.1 Å². The lowest BCUT2D eigenvalue weighted by molar-refractivity contribution is -0.384. The number of rotatable bonds is 5. The molecule has 0 saturated carbocycles. The average Bonchev–Trinajstić information content (AvgIpc) is 3.31. The zero-order chi connectivity index (χ0) is 30.7. The van der Waals surface area contributed by atoms with Crippen LogP contribution in [0.15, 0.2) is 146 Å². The van der Waals surface area contributed by atoms with Gasteiger partial charge in [0.25, 0.3) is 5.69 Å². The SMILES string of the molecule is CC1(C)c2ccccc2-c2ccc(N(c3ccccc3)c3c4ccccc4c(-c4ccc([N+](=O)[O-])cc4)c4ccccc34)cc21. The van der Waals surface area contributed by atoms with E-state index in [4.69, 9.17) is 0 Å². The van der Waals surface area contributed by atoms with E-state index in [1.54, 1.807) is 12.1 Å². The molecular formula is C41H30N2O2. The summed E-state index contributed by atoms with van der Waals surface area (Å²) in [7, 11) is 0. The number of non-ortho nitro benzene ring substituents is 1. The first-order valence-electron chi connectivity index (χ1n) is 15.2. The summed E-state index contributed by atoms with van der Waals surface area (Å²) in [5.41, 5.74) is 10.5. The van der Waals surface area contributed by atoms with E-state index in [1.807, 2.05) is 12.1 Å². The van der Waals surface area contributed by atoms with Crippen molar-refractivity contribution in [3.63, 3.8) is 0 Å². The topological polar surface area (TPSA) is 46.4 Å². The molecule has 4 nitrogen and oxygen atoms in total. The molecule has 0 aromatic heterocycles. The highest BCUT2D eigenvalue weighted by Gasteiger charge is 2.36. The summed E-state index contributed by atoms with van der Waals surface area (Å²) in [5.74, 6) is 0. The van der Waals surface area contributed by atoms with Crippen molar-refractivity contribution in [2.75, 3.05) is 4.90 Å². The molecule has 0 heterocycles. The number of nitro groups is 1. The molecular weight excluding hydrogens is 552 g/mol. The Morgan fingerprint density at radius 3 is 1.76 bits per heavy atom. The second-order valence-corrected chi connectivity index (χ2v) is 12.2. The van der Waals surface area contributed by atoms with E-state index < -0.39 is 0 Å². The van der Waals surface area contributed by atoms with E-state index in [1.165, 1.54) is 22.3 Å². The van der Waals surface area contributed by atoms with Crippen LogP contribution in [0.5, 0.6) is 0 Å². The number of nitro benzene ring substituents is 1. The molecule has 4 heteroatoms. The Morgan fingerprint density at radius 2 is 1.11 bits per heavy atom. The van der Waals surface area contributed by atoms with E-state index in [-0.39, 0.29) is 16.0 Å². The van der Waals surface area contributed by atoms with Crippen LogP contribution in [-0.2, 0) is 5.41 Å². The van der Waals surface area contributed by atoms with Gasteiger partial charge < -0.3 is 4.90 Å². The Hall–Kier alpha value is -5.74. The molecule has 0 N–H and O–H groups in total. The molecule has 0 bridgehead atoms. The Labute approximate surface area is 262 Å². The molecule has 0 fully saturated rings. The molecule has 8 rings (SSSR count). The first-order chi connectivity index (χ1) is 21.9. The van der Waals surface area contributed by atoms with Crippen LogP contribution in [0.1, 0.15) is 25.0 Å².